The van der Waals surface area contributed by atoms with Gasteiger partial charge in [-0.2, -0.15) is 0 Å². The minimum absolute atomic E-state index is 0.0405. The first kappa shape index (κ1) is 36.7. The third-order valence-electron chi connectivity index (χ3n) is 9.70. The lowest BCUT2D eigenvalue weighted by molar-refractivity contribution is -0.142. The van der Waals surface area contributed by atoms with Crippen molar-refractivity contribution in [1.29, 1.82) is 0 Å². The second-order valence-electron chi connectivity index (χ2n) is 14.8. The molecular formula is C43H56O3P2. The number of benzene rings is 4. The molecule has 4 aromatic rings. The lowest BCUT2D eigenvalue weighted by atomic mass is 10.1. The van der Waals surface area contributed by atoms with Crippen LogP contribution in [0.1, 0.15) is 75.0 Å². The fourth-order valence-corrected chi connectivity index (χ4v) is 14.9. The summed E-state index contributed by atoms with van der Waals surface area (Å²) in [5, 5.41) is 5.89. The first-order valence-corrected chi connectivity index (χ1v) is 20.3. The van der Waals surface area contributed by atoms with E-state index >= 15 is 0 Å². The van der Waals surface area contributed by atoms with Crippen molar-refractivity contribution in [1.82, 2.24) is 0 Å². The normalized spacial score (nSPS) is 18.1. The maximum atomic E-state index is 6.98. The van der Waals surface area contributed by atoms with Gasteiger partial charge in [0, 0.05) is 12.3 Å². The van der Waals surface area contributed by atoms with Gasteiger partial charge in [-0.25, -0.2) is 0 Å². The van der Waals surface area contributed by atoms with Crippen molar-refractivity contribution in [3.63, 3.8) is 0 Å². The van der Waals surface area contributed by atoms with Crippen molar-refractivity contribution < 1.29 is 14.2 Å². The van der Waals surface area contributed by atoms with E-state index < -0.39 is 21.6 Å². The Bertz CT molecular complexity index is 1690. The molecule has 1 unspecified atom stereocenters. The van der Waals surface area contributed by atoms with Gasteiger partial charge in [0.2, 0.25) is 0 Å². The highest BCUT2D eigenvalue weighted by Gasteiger charge is 2.44. The maximum Gasteiger partial charge on any atom is 0.163 e. The minimum Gasteiger partial charge on any atom is -0.497 e. The molecule has 3 nitrogen and oxygen atoms in total. The smallest absolute Gasteiger partial charge is 0.163 e. The third kappa shape index (κ3) is 7.61. The van der Waals surface area contributed by atoms with Gasteiger partial charge in [-0.05, 0) is 184 Å². The summed E-state index contributed by atoms with van der Waals surface area (Å²) in [7, 11) is 0.273. The van der Waals surface area contributed by atoms with Crippen LogP contribution < -0.4 is 26.0 Å². The lowest BCUT2D eigenvalue weighted by Gasteiger charge is -2.32. The summed E-state index contributed by atoms with van der Waals surface area (Å²) < 4.78 is 19.7. The van der Waals surface area contributed by atoms with Gasteiger partial charge in [0.25, 0.3) is 0 Å². The Labute approximate surface area is 293 Å². The molecule has 0 N–H and O–H groups in total. The van der Waals surface area contributed by atoms with E-state index in [1.165, 1.54) is 82.4 Å². The highest BCUT2D eigenvalue weighted by molar-refractivity contribution is 7.74. The van der Waals surface area contributed by atoms with Crippen LogP contribution in [0.2, 0.25) is 0 Å². The molecule has 48 heavy (non-hydrogen) atoms. The number of aryl methyl sites for hydroxylation is 11. The summed E-state index contributed by atoms with van der Waals surface area (Å²) in [6, 6.07) is 18.6. The Morgan fingerprint density at radius 3 is 0.979 bits per heavy atom. The quantitative estimate of drug-likeness (QED) is 0.165. The first-order chi connectivity index (χ1) is 22.5. The van der Waals surface area contributed by atoms with Crippen LogP contribution in [0.25, 0.3) is 0 Å². The molecule has 5 rings (SSSR count). The summed E-state index contributed by atoms with van der Waals surface area (Å²) in [5.74, 6) is 0.256. The maximum absolute atomic E-state index is 6.98. The topological polar surface area (TPSA) is 27.7 Å². The summed E-state index contributed by atoms with van der Waals surface area (Å²) in [4.78, 5) is 0. The standard InChI is InChI=1S/C43H56O3P2/c1-25-15-28(4)39(29(5)16-25)47(40-30(6)17-26(2)18-31(40)7)23-37-38(46-43(12,13)45-37)24-48(41-32(8)19-27(3)20-33(41)9)42-34(10)21-36(44-14)22-35(42)11/h15-22,37-38H,23-24H2,1-14H3/t37-,38-,48?/m0/s1. The molecule has 1 heterocycles. The van der Waals surface area contributed by atoms with Crippen LogP contribution in [-0.2, 0) is 9.47 Å². The molecule has 1 aliphatic rings. The molecule has 0 radical (unpaired) electrons. The van der Waals surface area contributed by atoms with E-state index in [9.17, 15) is 0 Å². The van der Waals surface area contributed by atoms with Crippen LogP contribution in [0.5, 0.6) is 5.75 Å². The fourth-order valence-electron chi connectivity index (χ4n) is 8.42. The van der Waals surface area contributed by atoms with Gasteiger partial charge >= 0.3 is 0 Å². The highest BCUT2D eigenvalue weighted by Crippen LogP contribution is 2.48. The average molecular weight is 683 g/mol. The molecule has 1 aliphatic heterocycles. The van der Waals surface area contributed by atoms with E-state index in [2.05, 4.69) is 139 Å². The second-order valence-corrected chi connectivity index (χ2v) is 19.0. The summed E-state index contributed by atoms with van der Waals surface area (Å²) in [5.41, 5.74) is 14.8. The van der Waals surface area contributed by atoms with E-state index in [0.717, 1.165) is 18.1 Å². The number of methoxy groups -OCH3 is 1. The summed E-state index contributed by atoms with van der Waals surface area (Å²) >= 11 is 0. The zero-order chi connectivity index (χ0) is 35.2. The number of ether oxygens (including phenoxy) is 3. The van der Waals surface area contributed by atoms with E-state index in [1.54, 1.807) is 7.11 Å². The van der Waals surface area contributed by atoms with Gasteiger partial charge in [0.05, 0.1) is 19.3 Å². The van der Waals surface area contributed by atoms with Gasteiger partial charge < -0.3 is 14.2 Å². The minimum atomic E-state index is -0.763. The van der Waals surface area contributed by atoms with E-state index in [1.807, 2.05) is 0 Å². The van der Waals surface area contributed by atoms with Crippen molar-refractivity contribution in [3.05, 3.63) is 110 Å². The molecule has 0 amide bonds. The largest absolute Gasteiger partial charge is 0.497 e. The second kappa shape index (κ2) is 14.4. The molecule has 3 atom stereocenters. The Morgan fingerprint density at radius 1 is 0.479 bits per heavy atom. The predicted octanol–water partition coefficient (Wildman–Crippen LogP) is 9.17. The number of hydrogen-bond acceptors (Lipinski definition) is 3. The van der Waals surface area contributed by atoms with Gasteiger partial charge in [-0.15, -0.1) is 0 Å². The Hall–Kier alpha value is -2.54. The molecule has 256 valence electrons. The third-order valence-corrected chi connectivity index (χ3v) is 16.1. The van der Waals surface area contributed by atoms with Crippen LogP contribution in [0.15, 0.2) is 48.5 Å². The van der Waals surface area contributed by atoms with Gasteiger partial charge in [0.15, 0.2) is 5.79 Å². The lowest BCUT2D eigenvalue weighted by Crippen LogP contribution is -2.36. The van der Waals surface area contributed by atoms with Crippen LogP contribution in [0, 0.1) is 76.2 Å². The Morgan fingerprint density at radius 2 is 0.729 bits per heavy atom. The first-order valence-electron chi connectivity index (χ1n) is 17.3. The molecule has 1 saturated heterocycles. The van der Waals surface area contributed by atoms with Crippen molar-refractivity contribution >= 4 is 37.1 Å². The molecule has 1 fully saturated rings. The van der Waals surface area contributed by atoms with Crippen LogP contribution >= 0.6 is 15.8 Å². The molecule has 5 heteroatoms. The van der Waals surface area contributed by atoms with Crippen LogP contribution in [0.4, 0.5) is 0 Å². The molecule has 0 spiro atoms. The average Bonchev–Trinajstić information content (AvgIpc) is 3.22. The van der Waals surface area contributed by atoms with Crippen molar-refractivity contribution in [2.75, 3.05) is 19.4 Å². The summed E-state index contributed by atoms with van der Waals surface area (Å²) in [6.07, 6.45) is 1.74. The van der Waals surface area contributed by atoms with Gasteiger partial charge in [-0.1, -0.05) is 53.1 Å². The van der Waals surface area contributed by atoms with E-state index in [4.69, 9.17) is 14.2 Å². The molecule has 4 aromatic carbocycles. The summed E-state index contributed by atoms with van der Waals surface area (Å²) in [6.45, 7) is 29.1. The fraction of sp³-hybridized carbons (Fsp3) is 0.442. The monoisotopic (exact) mass is 682 g/mol. The predicted molar refractivity (Wildman–Crippen MR) is 210 cm³/mol. The van der Waals surface area contributed by atoms with Gasteiger partial charge in [0.1, 0.15) is 5.75 Å². The van der Waals surface area contributed by atoms with E-state index in [0.29, 0.717) is 0 Å². The molecule has 0 aliphatic carbocycles. The highest BCUT2D eigenvalue weighted by atomic mass is 31.1. The zero-order valence-corrected chi connectivity index (χ0v) is 33.6. The molecule has 0 aromatic heterocycles. The SMILES string of the molecule is COc1cc(C)c(P(C[C@@H]2OC(C)(C)O[C@H]2CP(c2c(C)cc(C)cc2C)c2c(C)cc(C)cc2C)c2c(C)cc(C)cc2C)c(C)c1. The molecule has 0 saturated carbocycles. The number of rotatable bonds is 9. The Balaban J connectivity index is 1.65. The van der Waals surface area contributed by atoms with Crippen molar-refractivity contribution in [2.24, 2.45) is 0 Å². The van der Waals surface area contributed by atoms with Crippen LogP contribution in [-0.4, -0.2) is 37.4 Å². The van der Waals surface area contributed by atoms with Crippen molar-refractivity contribution in [2.45, 2.75) is 108 Å². The van der Waals surface area contributed by atoms with Crippen molar-refractivity contribution in [3.8, 4) is 5.75 Å². The van der Waals surface area contributed by atoms with Gasteiger partial charge in [-0.3, -0.25) is 0 Å². The molecule has 0 bridgehead atoms. The zero-order valence-electron chi connectivity index (χ0n) is 31.8. The number of hydrogen-bond donors (Lipinski definition) is 0. The molecular weight excluding hydrogens is 626 g/mol. The van der Waals surface area contributed by atoms with E-state index in [-0.39, 0.29) is 12.2 Å². The Kier molecular flexibility index (Phi) is 11.0. The van der Waals surface area contributed by atoms with Crippen LogP contribution in [0.3, 0.4) is 0 Å².